The van der Waals surface area contributed by atoms with E-state index >= 15 is 0 Å². The lowest BCUT2D eigenvalue weighted by atomic mass is 10.1. The van der Waals surface area contributed by atoms with E-state index in [-0.39, 0.29) is 0 Å². The quantitative estimate of drug-likeness (QED) is 0.791. The number of benzene rings is 1. The average molecular weight is 243 g/mol. The Kier molecular flexibility index (Phi) is 4.53. The summed E-state index contributed by atoms with van der Waals surface area (Å²) in [5, 5.41) is 7.68. The van der Waals surface area contributed by atoms with Gasteiger partial charge in [0.05, 0.1) is 0 Å². The zero-order valence-corrected chi connectivity index (χ0v) is 11.2. The number of nitrogens with zero attached hydrogens (tertiary/aromatic N) is 2. The molecule has 0 aliphatic rings. The molecule has 0 spiro atoms. The van der Waals surface area contributed by atoms with Crippen molar-refractivity contribution in [1.82, 2.24) is 15.1 Å². The maximum atomic E-state index is 4.19. The van der Waals surface area contributed by atoms with Gasteiger partial charge in [-0.1, -0.05) is 23.8 Å². The Labute approximate surface area is 109 Å². The van der Waals surface area contributed by atoms with E-state index < -0.39 is 0 Å². The molecule has 1 aromatic carbocycles. The highest BCUT2D eigenvalue weighted by Crippen LogP contribution is 2.10. The van der Waals surface area contributed by atoms with Crippen molar-refractivity contribution in [3.05, 3.63) is 53.3 Å². The van der Waals surface area contributed by atoms with E-state index in [2.05, 4.69) is 42.5 Å². The second kappa shape index (κ2) is 6.36. The Bertz CT molecular complexity index is 474. The third-order valence-corrected chi connectivity index (χ3v) is 3.12. The lowest BCUT2D eigenvalue weighted by Gasteiger charge is -2.09. The maximum absolute atomic E-state index is 4.19. The number of aryl methyl sites for hydroxylation is 3. The van der Waals surface area contributed by atoms with Crippen LogP contribution in [0.25, 0.3) is 0 Å². The number of nitrogens with one attached hydrogen (secondary N) is 1. The van der Waals surface area contributed by atoms with Crippen molar-refractivity contribution in [3.8, 4) is 0 Å². The minimum Gasteiger partial charge on any atom is -0.313 e. The Morgan fingerprint density at radius 2 is 2.17 bits per heavy atom. The average Bonchev–Trinajstić information content (AvgIpc) is 2.86. The highest BCUT2D eigenvalue weighted by molar-refractivity contribution is 5.30. The number of hydrogen-bond acceptors (Lipinski definition) is 2. The molecule has 0 amide bonds. The molecule has 0 saturated heterocycles. The summed E-state index contributed by atoms with van der Waals surface area (Å²) < 4.78 is 1.97. The monoisotopic (exact) mass is 243 g/mol. The largest absolute Gasteiger partial charge is 0.313 e. The molecular formula is C15H21N3. The molecule has 1 heterocycles. The third kappa shape index (κ3) is 3.70. The molecule has 0 aliphatic heterocycles. The highest BCUT2D eigenvalue weighted by atomic mass is 15.3. The van der Waals surface area contributed by atoms with Gasteiger partial charge in [0.25, 0.3) is 0 Å². The van der Waals surface area contributed by atoms with Gasteiger partial charge >= 0.3 is 0 Å². The van der Waals surface area contributed by atoms with Crippen LogP contribution in [0.5, 0.6) is 0 Å². The summed E-state index contributed by atoms with van der Waals surface area (Å²) in [5.74, 6) is 0. The van der Waals surface area contributed by atoms with Crippen LogP contribution in [-0.4, -0.2) is 16.3 Å². The first kappa shape index (κ1) is 12.8. The van der Waals surface area contributed by atoms with Gasteiger partial charge in [-0.15, -0.1) is 0 Å². The van der Waals surface area contributed by atoms with E-state index in [9.17, 15) is 0 Å². The predicted molar refractivity (Wildman–Crippen MR) is 74.5 cm³/mol. The minimum absolute atomic E-state index is 0.951. The van der Waals surface area contributed by atoms with Crippen molar-refractivity contribution >= 4 is 0 Å². The van der Waals surface area contributed by atoms with Crippen molar-refractivity contribution < 1.29 is 0 Å². The number of rotatable bonds is 6. The fraction of sp³-hybridized carbons (Fsp3) is 0.400. The van der Waals surface area contributed by atoms with Crippen LogP contribution in [0.15, 0.2) is 36.7 Å². The van der Waals surface area contributed by atoms with Crippen molar-refractivity contribution in [2.24, 2.45) is 0 Å². The van der Waals surface area contributed by atoms with Gasteiger partial charge in [-0.3, -0.25) is 4.68 Å². The third-order valence-electron chi connectivity index (χ3n) is 3.12. The Hall–Kier alpha value is -1.61. The zero-order valence-electron chi connectivity index (χ0n) is 11.2. The van der Waals surface area contributed by atoms with Crippen molar-refractivity contribution in [2.45, 2.75) is 33.4 Å². The van der Waals surface area contributed by atoms with Crippen LogP contribution in [-0.2, 0) is 13.1 Å². The summed E-state index contributed by atoms with van der Waals surface area (Å²) in [6, 6.07) is 8.58. The van der Waals surface area contributed by atoms with Crippen LogP contribution < -0.4 is 5.32 Å². The van der Waals surface area contributed by atoms with Gasteiger partial charge in [0, 0.05) is 25.5 Å². The fourth-order valence-corrected chi connectivity index (χ4v) is 2.01. The van der Waals surface area contributed by atoms with E-state index in [4.69, 9.17) is 0 Å². The molecule has 1 N–H and O–H groups in total. The van der Waals surface area contributed by atoms with Crippen LogP contribution in [0, 0.1) is 13.8 Å². The standard InChI is InChI=1S/C15H21N3/c1-13-5-6-14(2)15(11-13)12-16-7-3-9-18-10-4-8-17-18/h4-6,8,10-11,16H,3,7,9,12H2,1-2H3. The van der Waals surface area contributed by atoms with Gasteiger partial charge in [0.1, 0.15) is 0 Å². The van der Waals surface area contributed by atoms with Crippen molar-refractivity contribution in [1.29, 1.82) is 0 Å². The molecule has 2 aromatic rings. The summed E-state index contributed by atoms with van der Waals surface area (Å²) in [7, 11) is 0. The van der Waals surface area contributed by atoms with E-state index in [1.165, 1.54) is 16.7 Å². The maximum Gasteiger partial charge on any atom is 0.0489 e. The van der Waals surface area contributed by atoms with Crippen LogP contribution in [0.4, 0.5) is 0 Å². The molecule has 0 atom stereocenters. The normalized spacial score (nSPS) is 10.8. The molecule has 0 radical (unpaired) electrons. The first-order valence-electron chi connectivity index (χ1n) is 6.50. The van der Waals surface area contributed by atoms with Crippen LogP contribution in [0.2, 0.25) is 0 Å². The van der Waals surface area contributed by atoms with Crippen LogP contribution in [0.3, 0.4) is 0 Å². The summed E-state index contributed by atoms with van der Waals surface area (Å²) >= 11 is 0. The fourth-order valence-electron chi connectivity index (χ4n) is 2.01. The molecule has 96 valence electrons. The molecular weight excluding hydrogens is 222 g/mol. The lowest BCUT2D eigenvalue weighted by molar-refractivity contribution is 0.543. The van der Waals surface area contributed by atoms with E-state index in [0.29, 0.717) is 0 Å². The van der Waals surface area contributed by atoms with Gasteiger partial charge in [0.2, 0.25) is 0 Å². The topological polar surface area (TPSA) is 29.9 Å². The van der Waals surface area contributed by atoms with Gasteiger partial charge in [-0.05, 0) is 44.0 Å². The SMILES string of the molecule is Cc1ccc(C)c(CNCCCn2cccn2)c1. The molecule has 0 fully saturated rings. The number of aromatic nitrogens is 2. The molecule has 3 heteroatoms. The zero-order chi connectivity index (χ0) is 12.8. The number of hydrogen-bond donors (Lipinski definition) is 1. The molecule has 0 saturated carbocycles. The molecule has 18 heavy (non-hydrogen) atoms. The molecule has 0 unspecified atom stereocenters. The Morgan fingerprint density at radius 1 is 1.28 bits per heavy atom. The highest BCUT2D eigenvalue weighted by Gasteiger charge is 1.98. The summed E-state index contributed by atoms with van der Waals surface area (Å²) in [6.45, 7) is 7.26. The summed E-state index contributed by atoms with van der Waals surface area (Å²) in [4.78, 5) is 0. The van der Waals surface area contributed by atoms with Crippen molar-refractivity contribution in [2.75, 3.05) is 6.54 Å². The molecule has 1 aromatic heterocycles. The lowest BCUT2D eigenvalue weighted by Crippen LogP contribution is -2.17. The van der Waals surface area contributed by atoms with Crippen molar-refractivity contribution in [3.63, 3.8) is 0 Å². The Morgan fingerprint density at radius 3 is 2.94 bits per heavy atom. The predicted octanol–water partition coefficient (Wildman–Crippen LogP) is 2.68. The second-order valence-corrected chi connectivity index (χ2v) is 4.73. The molecule has 2 rings (SSSR count). The van der Waals surface area contributed by atoms with Crippen LogP contribution >= 0.6 is 0 Å². The second-order valence-electron chi connectivity index (χ2n) is 4.73. The van der Waals surface area contributed by atoms with Gasteiger partial charge in [0.15, 0.2) is 0 Å². The van der Waals surface area contributed by atoms with Gasteiger partial charge in [-0.2, -0.15) is 5.10 Å². The summed E-state index contributed by atoms with van der Waals surface area (Å²) in [6.07, 6.45) is 4.93. The molecule has 0 bridgehead atoms. The van der Waals surface area contributed by atoms with E-state index in [0.717, 1.165) is 26.1 Å². The first-order valence-corrected chi connectivity index (χ1v) is 6.50. The molecule has 3 nitrogen and oxygen atoms in total. The Balaban J connectivity index is 1.70. The first-order chi connectivity index (χ1) is 8.75. The summed E-state index contributed by atoms with van der Waals surface area (Å²) in [5.41, 5.74) is 4.09. The minimum atomic E-state index is 0.951. The van der Waals surface area contributed by atoms with E-state index in [1.807, 2.05) is 23.1 Å². The van der Waals surface area contributed by atoms with Gasteiger partial charge in [-0.25, -0.2) is 0 Å². The molecule has 0 aliphatic carbocycles. The van der Waals surface area contributed by atoms with Gasteiger partial charge < -0.3 is 5.32 Å². The van der Waals surface area contributed by atoms with E-state index in [1.54, 1.807) is 0 Å². The smallest absolute Gasteiger partial charge is 0.0489 e. The van der Waals surface area contributed by atoms with Crippen LogP contribution in [0.1, 0.15) is 23.1 Å².